The summed E-state index contributed by atoms with van der Waals surface area (Å²) in [5, 5.41) is 13.2. The lowest BCUT2D eigenvalue weighted by Gasteiger charge is -2.16. The second kappa shape index (κ2) is 10.0. The molecular weight excluding hydrogens is 432 g/mol. The number of rotatable bonds is 7. The average Bonchev–Trinajstić information content (AvgIpc) is 2.86. The van der Waals surface area contributed by atoms with Crippen LogP contribution in [0.3, 0.4) is 0 Å². The SMILES string of the molecule is Cn1cc(C[C@@H](NC(=O)OCc2ccc(-c3ccccc3)cc2)C(=O)O)c2ccccc2c1=O. The van der Waals surface area contributed by atoms with Crippen LogP contribution in [0.15, 0.2) is 89.9 Å². The maximum Gasteiger partial charge on any atom is 0.408 e. The third-order valence-corrected chi connectivity index (χ3v) is 5.62. The maximum atomic E-state index is 12.4. The fraction of sp³-hybridized carbons (Fsp3) is 0.148. The monoisotopic (exact) mass is 456 g/mol. The van der Waals surface area contributed by atoms with Crippen LogP contribution in [0.2, 0.25) is 0 Å². The number of carboxylic acid groups (broad SMARTS) is 1. The van der Waals surface area contributed by atoms with Gasteiger partial charge in [0.2, 0.25) is 0 Å². The number of hydrogen-bond donors (Lipinski definition) is 2. The zero-order chi connectivity index (χ0) is 24.1. The number of aliphatic carboxylic acids is 1. The molecule has 172 valence electrons. The molecule has 1 heterocycles. The van der Waals surface area contributed by atoms with E-state index in [1.165, 1.54) is 4.57 Å². The van der Waals surface area contributed by atoms with E-state index in [1.54, 1.807) is 37.5 Å². The summed E-state index contributed by atoms with van der Waals surface area (Å²) < 4.78 is 6.66. The fourth-order valence-corrected chi connectivity index (χ4v) is 3.84. The predicted molar refractivity (Wildman–Crippen MR) is 130 cm³/mol. The highest BCUT2D eigenvalue weighted by atomic mass is 16.5. The fourth-order valence-electron chi connectivity index (χ4n) is 3.84. The van der Waals surface area contributed by atoms with Gasteiger partial charge in [-0.2, -0.15) is 0 Å². The largest absolute Gasteiger partial charge is 0.480 e. The summed E-state index contributed by atoms with van der Waals surface area (Å²) in [6.07, 6.45) is 0.779. The topological polar surface area (TPSA) is 97.6 Å². The van der Waals surface area contributed by atoms with Crippen molar-refractivity contribution in [3.05, 3.63) is 107 Å². The number of pyridine rings is 1. The Morgan fingerprint density at radius 3 is 2.21 bits per heavy atom. The van der Waals surface area contributed by atoms with Gasteiger partial charge in [-0.05, 0) is 33.7 Å². The first-order valence-electron chi connectivity index (χ1n) is 10.8. The van der Waals surface area contributed by atoms with Crippen molar-refractivity contribution in [2.24, 2.45) is 7.05 Å². The van der Waals surface area contributed by atoms with Crippen LogP contribution in [0.4, 0.5) is 4.79 Å². The highest BCUT2D eigenvalue weighted by Crippen LogP contribution is 2.20. The van der Waals surface area contributed by atoms with Crippen LogP contribution in [-0.4, -0.2) is 27.8 Å². The summed E-state index contributed by atoms with van der Waals surface area (Å²) in [6.45, 7) is 0.00993. The molecule has 1 atom stereocenters. The highest BCUT2D eigenvalue weighted by molar-refractivity contribution is 5.86. The number of carbonyl (C=O) groups excluding carboxylic acids is 1. The Kier molecular flexibility index (Phi) is 6.73. The second-order valence-corrected chi connectivity index (χ2v) is 7.99. The summed E-state index contributed by atoms with van der Waals surface area (Å²) in [5.74, 6) is -1.19. The number of nitrogens with zero attached hydrogens (tertiary/aromatic N) is 1. The Morgan fingerprint density at radius 2 is 1.53 bits per heavy atom. The van der Waals surface area contributed by atoms with E-state index < -0.39 is 18.1 Å². The molecule has 0 spiro atoms. The summed E-state index contributed by atoms with van der Waals surface area (Å²) in [6, 6.07) is 23.3. The number of aryl methyl sites for hydroxylation is 1. The molecule has 1 amide bonds. The molecule has 3 aromatic carbocycles. The van der Waals surface area contributed by atoms with E-state index in [-0.39, 0.29) is 18.6 Å². The number of carbonyl (C=O) groups is 2. The minimum absolute atomic E-state index is 0.00480. The molecule has 2 N–H and O–H groups in total. The standard InChI is InChI=1S/C27H24N2O5/c1-29-16-21(22-9-5-6-10-23(22)25(29)30)15-24(26(31)32)28-27(33)34-17-18-11-13-20(14-12-18)19-7-3-2-4-8-19/h2-14,16,24H,15,17H2,1H3,(H,28,33)(H,31,32)/t24-/m1/s1. The van der Waals surface area contributed by atoms with Crippen LogP contribution in [-0.2, 0) is 29.6 Å². The number of carboxylic acids is 1. The molecule has 0 radical (unpaired) electrons. The van der Waals surface area contributed by atoms with Crippen LogP contribution >= 0.6 is 0 Å². The van der Waals surface area contributed by atoms with Gasteiger partial charge < -0.3 is 19.7 Å². The van der Waals surface area contributed by atoms with Crippen molar-refractivity contribution in [3.8, 4) is 11.1 Å². The molecule has 0 aliphatic heterocycles. The first-order chi connectivity index (χ1) is 16.4. The average molecular weight is 456 g/mol. The number of alkyl carbamates (subject to hydrolysis) is 1. The Balaban J connectivity index is 1.41. The third-order valence-electron chi connectivity index (χ3n) is 5.62. The van der Waals surface area contributed by atoms with Gasteiger partial charge in [0.15, 0.2) is 0 Å². The quantitative estimate of drug-likeness (QED) is 0.436. The van der Waals surface area contributed by atoms with Crippen LogP contribution < -0.4 is 10.9 Å². The highest BCUT2D eigenvalue weighted by Gasteiger charge is 2.23. The maximum absolute atomic E-state index is 12.4. The van der Waals surface area contributed by atoms with E-state index in [4.69, 9.17) is 4.74 Å². The number of hydrogen-bond acceptors (Lipinski definition) is 4. The molecule has 0 aliphatic carbocycles. The van der Waals surface area contributed by atoms with Crippen LogP contribution in [0, 0.1) is 0 Å². The Hall–Kier alpha value is -4.39. The molecule has 7 heteroatoms. The van der Waals surface area contributed by atoms with Gasteiger partial charge in [-0.15, -0.1) is 0 Å². The van der Waals surface area contributed by atoms with Gasteiger partial charge in [-0.1, -0.05) is 72.8 Å². The van der Waals surface area contributed by atoms with E-state index in [0.717, 1.165) is 16.7 Å². The summed E-state index contributed by atoms with van der Waals surface area (Å²) in [5.41, 5.74) is 3.39. The summed E-state index contributed by atoms with van der Waals surface area (Å²) >= 11 is 0. The third kappa shape index (κ3) is 5.15. The zero-order valence-corrected chi connectivity index (χ0v) is 18.6. The Bertz CT molecular complexity index is 1380. The van der Waals surface area contributed by atoms with Crippen molar-refractivity contribution in [1.82, 2.24) is 9.88 Å². The molecule has 0 saturated carbocycles. The van der Waals surface area contributed by atoms with E-state index >= 15 is 0 Å². The van der Waals surface area contributed by atoms with Crippen molar-refractivity contribution in [3.63, 3.8) is 0 Å². The lowest BCUT2D eigenvalue weighted by Crippen LogP contribution is -2.42. The van der Waals surface area contributed by atoms with Gasteiger partial charge in [0.05, 0.1) is 0 Å². The lowest BCUT2D eigenvalue weighted by molar-refractivity contribution is -0.139. The van der Waals surface area contributed by atoms with Gasteiger partial charge in [0.1, 0.15) is 12.6 Å². The predicted octanol–water partition coefficient (Wildman–Crippen LogP) is 4.13. The molecule has 1 aromatic heterocycles. The van der Waals surface area contributed by atoms with Gasteiger partial charge >= 0.3 is 12.1 Å². The molecule has 7 nitrogen and oxygen atoms in total. The van der Waals surface area contributed by atoms with E-state index in [1.807, 2.05) is 54.6 Å². The molecule has 4 aromatic rings. The molecular formula is C27H24N2O5. The molecule has 0 aliphatic rings. The molecule has 0 bridgehead atoms. The van der Waals surface area contributed by atoms with E-state index in [9.17, 15) is 19.5 Å². The van der Waals surface area contributed by atoms with E-state index in [0.29, 0.717) is 16.3 Å². The van der Waals surface area contributed by atoms with Crippen molar-refractivity contribution < 1.29 is 19.4 Å². The van der Waals surface area contributed by atoms with Crippen molar-refractivity contribution in [2.75, 3.05) is 0 Å². The van der Waals surface area contributed by atoms with Gasteiger partial charge in [-0.3, -0.25) is 4.79 Å². The summed E-state index contributed by atoms with van der Waals surface area (Å²) in [4.78, 5) is 36.5. The van der Waals surface area contributed by atoms with Gasteiger partial charge in [0.25, 0.3) is 5.56 Å². The van der Waals surface area contributed by atoms with Gasteiger partial charge in [-0.25, -0.2) is 9.59 Å². The molecule has 4 rings (SSSR count). The summed E-state index contributed by atoms with van der Waals surface area (Å²) in [7, 11) is 1.61. The first-order valence-corrected chi connectivity index (χ1v) is 10.8. The van der Waals surface area contributed by atoms with Crippen molar-refractivity contribution in [2.45, 2.75) is 19.1 Å². The zero-order valence-electron chi connectivity index (χ0n) is 18.6. The number of benzene rings is 3. The minimum Gasteiger partial charge on any atom is -0.480 e. The van der Waals surface area contributed by atoms with E-state index in [2.05, 4.69) is 5.32 Å². The second-order valence-electron chi connectivity index (χ2n) is 7.99. The molecule has 0 unspecified atom stereocenters. The Labute approximate surface area is 196 Å². The number of fused-ring (bicyclic) bond motifs is 1. The van der Waals surface area contributed by atoms with Crippen LogP contribution in [0.1, 0.15) is 11.1 Å². The number of ether oxygens (including phenoxy) is 1. The smallest absolute Gasteiger partial charge is 0.408 e. The number of aromatic nitrogens is 1. The normalized spacial score (nSPS) is 11.7. The number of amides is 1. The molecule has 34 heavy (non-hydrogen) atoms. The number of nitrogens with one attached hydrogen (secondary N) is 1. The first kappa shape index (κ1) is 22.8. The Morgan fingerprint density at radius 1 is 0.912 bits per heavy atom. The van der Waals surface area contributed by atoms with Crippen molar-refractivity contribution in [1.29, 1.82) is 0 Å². The molecule has 0 saturated heterocycles. The molecule has 0 fully saturated rings. The van der Waals surface area contributed by atoms with Gasteiger partial charge in [0, 0.05) is 25.1 Å². The van der Waals surface area contributed by atoms with Crippen molar-refractivity contribution >= 4 is 22.8 Å². The van der Waals surface area contributed by atoms with Crippen LogP contribution in [0.5, 0.6) is 0 Å². The minimum atomic E-state index is -1.21. The van der Waals surface area contributed by atoms with Crippen LogP contribution in [0.25, 0.3) is 21.9 Å². The lowest BCUT2D eigenvalue weighted by atomic mass is 10.0.